The van der Waals surface area contributed by atoms with Gasteiger partial charge < -0.3 is 14.4 Å². The first kappa shape index (κ1) is 24.6. The molecule has 1 saturated carbocycles. The molecule has 9 nitrogen and oxygen atoms in total. The minimum atomic E-state index is -0.731. The number of carbonyl (C=O) groups excluding carboxylic acids is 1. The maximum Gasteiger partial charge on any atom is 0.414 e. The van der Waals surface area contributed by atoms with E-state index in [0.29, 0.717) is 24.4 Å². The van der Waals surface area contributed by atoms with E-state index in [-0.39, 0.29) is 30.0 Å². The lowest BCUT2D eigenvalue weighted by atomic mass is 9.85. The Morgan fingerprint density at radius 3 is 2.78 bits per heavy atom. The van der Waals surface area contributed by atoms with Crippen LogP contribution in [0.15, 0.2) is 24.5 Å². The maximum absolute atomic E-state index is 12.6. The molecule has 0 saturated heterocycles. The minimum Gasteiger partial charge on any atom is -0.481 e. The molecule has 0 radical (unpaired) electrons. The van der Waals surface area contributed by atoms with Gasteiger partial charge in [0.25, 0.3) is 0 Å². The van der Waals surface area contributed by atoms with Gasteiger partial charge >= 0.3 is 12.1 Å². The zero-order valence-corrected chi connectivity index (χ0v) is 21.6. The number of rotatable bonds is 5. The number of amides is 1. The molecule has 1 fully saturated rings. The Labute approximate surface area is 215 Å². The van der Waals surface area contributed by atoms with Crippen LogP contribution in [-0.4, -0.2) is 49.7 Å². The van der Waals surface area contributed by atoms with E-state index in [2.05, 4.69) is 16.6 Å². The molecule has 1 aromatic carbocycles. The van der Waals surface area contributed by atoms with Gasteiger partial charge in [0, 0.05) is 29.8 Å². The van der Waals surface area contributed by atoms with E-state index >= 15 is 0 Å². The number of halogens is 1. The van der Waals surface area contributed by atoms with Crippen LogP contribution in [-0.2, 0) is 22.5 Å². The molecule has 2 aliphatic rings. The van der Waals surface area contributed by atoms with Crippen LogP contribution in [0.4, 0.5) is 10.5 Å². The summed E-state index contributed by atoms with van der Waals surface area (Å²) in [6.07, 6.45) is 7.72. The van der Waals surface area contributed by atoms with Gasteiger partial charge in [0.2, 0.25) is 0 Å². The van der Waals surface area contributed by atoms with Crippen molar-refractivity contribution >= 4 is 40.4 Å². The van der Waals surface area contributed by atoms with Crippen molar-refractivity contribution in [2.24, 2.45) is 5.92 Å². The van der Waals surface area contributed by atoms with Gasteiger partial charge in [0.15, 0.2) is 0 Å². The molecule has 192 valence electrons. The monoisotopic (exact) mass is 513 g/mol. The first-order valence-electron chi connectivity index (χ1n) is 12.6. The molecule has 5 rings (SSSR count). The number of carboxylic acids is 1. The number of carboxylic acid groups (broad SMARTS) is 1. The number of methoxy groups -OCH3 is 1. The lowest BCUT2D eigenvalue weighted by Gasteiger charge is -2.34. The highest BCUT2D eigenvalue weighted by atomic mass is 35.5. The molecule has 1 amide bonds. The second-order valence-corrected chi connectivity index (χ2v) is 10.6. The third-order valence-corrected chi connectivity index (χ3v) is 7.91. The second-order valence-electron chi connectivity index (χ2n) is 10.1. The molecule has 2 aromatic heterocycles. The lowest BCUT2D eigenvalue weighted by Crippen LogP contribution is -2.42. The molecule has 3 heterocycles. The molecule has 10 heteroatoms. The van der Waals surface area contributed by atoms with Crippen LogP contribution < -0.4 is 4.90 Å². The van der Waals surface area contributed by atoms with Crippen molar-refractivity contribution < 1.29 is 19.4 Å². The maximum atomic E-state index is 12.6. The van der Waals surface area contributed by atoms with Crippen molar-refractivity contribution in [3.05, 3.63) is 40.9 Å². The smallest absolute Gasteiger partial charge is 0.414 e. The van der Waals surface area contributed by atoms with E-state index in [1.54, 1.807) is 17.3 Å². The highest BCUT2D eigenvalue weighted by Crippen LogP contribution is 2.41. The Morgan fingerprint density at radius 1 is 1.28 bits per heavy atom. The standard InChI is InChI=1S/C26H32ClN5O4/c1-15(13-30-14-18(27)12-28-30)24-29-23-20-8-7-16(2)31(26(35)36-3)21(20)9-10-22(23)32(24)19-6-4-5-17(11-19)25(33)34/h9-10,12,14-17,19H,4-8,11,13H2,1-3H3,(H,33,34)/t15?,16-,17+,19+/m0/s1. The third kappa shape index (κ3) is 4.34. The zero-order chi connectivity index (χ0) is 25.6. The SMILES string of the molecule is COC(=O)N1c2ccc3c(nc(C(C)Cn4cc(Cl)cn4)n3[C@@H]3CCC[C@@H](C(=O)O)C3)c2CC[C@@H]1C. The lowest BCUT2D eigenvalue weighted by molar-refractivity contribution is -0.143. The average Bonchev–Trinajstić information content (AvgIpc) is 3.46. The summed E-state index contributed by atoms with van der Waals surface area (Å²) < 4.78 is 9.16. The number of ether oxygens (including phenoxy) is 1. The van der Waals surface area contributed by atoms with E-state index in [1.165, 1.54) is 7.11 Å². The predicted molar refractivity (Wildman–Crippen MR) is 137 cm³/mol. The van der Waals surface area contributed by atoms with Crippen LogP contribution >= 0.6 is 11.6 Å². The summed E-state index contributed by atoms with van der Waals surface area (Å²) in [6, 6.07) is 4.09. The predicted octanol–water partition coefficient (Wildman–Crippen LogP) is 5.41. The number of hydrogen-bond acceptors (Lipinski definition) is 5. The number of anilines is 1. The van der Waals surface area contributed by atoms with Gasteiger partial charge in [-0.05, 0) is 51.2 Å². The average molecular weight is 514 g/mol. The van der Waals surface area contributed by atoms with Crippen molar-refractivity contribution in [1.82, 2.24) is 19.3 Å². The molecule has 4 atom stereocenters. The Kier molecular flexibility index (Phi) is 6.68. The summed E-state index contributed by atoms with van der Waals surface area (Å²) in [7, 11) is 1.40. The fraction of sp³-hybridized carbons (Fsp3) is 0.538. The van der Waals surface area contributed by atoms with E-state index in [4.69, 9.17) is 21.3 Å². The largest absolute Gasteiger partial charge is 0.481 e. The van der Waals surface area contributed by atoms with Crippen molar-refractivity contribution in [1.29, 1.82) is 0 Å². The quantitative estimate of drug-likeness (QED) is 0.489. The van der Waals surface area contributed by atoms with Gasteiger partial charge in [0.1, 0.15) is 5.82 Å². The molecule has 1 aliphatic heterocycles. The van der Waals surface area contributed by atoms with Crippen LogP contribution in [0, 0.1) is 5.92 Å². The molecular weight excluding hydrogens is 482 g/mol. The van der Waals surface area contributed by atoms with Gasteiger partial charge in [-0.3, -0.25) is 14.4 Å². The zero-order valence-electron chi connectivity index (χ0n) is 20.9. The number of nitrogens with zero attached hydrogens (tertiary/aromatic N) is 5. The Hall–Kier alpha value is -3.07. The minimum absolute atomic E-state index is 0.00782. The number of hydrogen-bond donors (Lipinski definition) is 1. The summed E-state index contributed by atoms with van der Waals surface area (Å²) in [4.78, 5) is 31.4. The summed E-state index contributed by atoms with van der Waals surface area (Å²) in [5.74, 6) is -0.176. The molecule has 0 spiro atoms. The van der Waals surface area contributed by atoms with Gasteiger partial charge in [-0.25, -0.2) is 9.78 Å². The highest BCUT2D eigenvalue weighted by Gasteiger charge is 2.35. The first-order chi connectivity index (χ1) is 17.3. The normalized spacial score (nSPS) is 22.9. The van der Waals surface area contributed by atoms with Crippen molar-refractivity contribution in [2.45, 2.75) is 76.9 Å². The molecule has 3 aromatic rings. The van der Waals surface area contributed by atoms with Crippen LogP contribution in [0.1, 0.15) is 69.3 Å². The van der Waals surface area contributed by atoms with Crippen molar-refractivity contribution in [2.75, 3.05) is 12.0 Å². The van der Waals surface area contributed by atoms with Crippen LogP contribution in [0.3, 0.4) is 0 Å². The fourth-order valence-corrected chi connectivity index (χ4v) is 6.10. The molecule has 1 aliphatic carbocycles. The van der Waals surface area contributed by atoms with E-state index in [0.717, 1.165) is 53.8 Å². The Bertz CT molecular complexity index is 1300. The summed E-state index contributed by atoms with van der Waals surface area (Å²) in [6.45, 7) is 4.73. The Balaban J connectivity index is 1.64. The summed E-state index contributed by atoms with van der Waals surface area (Å²) in [5, 5.41) is 14.7. The van der Waals surface area contributed by atoms with Crippen LogP contribution in [0.2, 0.25) is 5.02 Å². The number of aliphatic carboxylic acids is 1. The second kappa shape index (κ2) is 9.76. The molecular formula is C26H32ClN5O4. The van der Waals surface area contributed by atoms with E-state index < -0.39 is 5.97 Å². The topological polar surface area (TPSA) is 102 Å². The third-order valence-electron chi connectivity index (χ3n) is 7.72. The van der Waals surface area contributed by atoms with Gasteiger partial charge in [-0.2, -0.15) is 5.10 Å². The van der Waals surface area contributed by atoms with Gasteiger partial charge in [0.05, 0.1) is 47.5 Å². The van der Waals surface area contributed by atoms with Crippen LogP contribution in [0.5, 0.6) is 0 Å². The number of fused-ring (bicyclic) bond motifs is 3. The number of aromatic nitrogens is 4. The molecule has 36 heavy (non-hydrogen) atoms. The van der Waals surface area contributed by atoms with Gasteiger partial charge in [-0.15, -0.1) is 0 Å². The number of carbonyl (C=O) groups is 2. The fourth-order valence-electron chi connectivity index (χ4n) is 5.95. The van der Waals surface area contributed by atoms with Crippen LogP contribution in [0.25, 0.3) is 11.0 Å². The number of benzene rings is 1. The van der Waals surface area contributed by atoms with E-state index in [1.807, 2.05) is 23.7 Å². The van der Waals surface area contributed by atoms with Crippen molar-refractivity contribution in [3.8, 4) is 0 Å². The molecule has 1 N–H and O–H groups in total. The van der Waals surface area contributed by atoms with Gasteiger partial charge in [-0.1, -0.05) is 24.9 Å². The van der Waals surface area contributed by atoms with Crippen molar-refractivity contribution in [3.63, 3.8) is 0 Å². The summed E-state index contributed by atoms with van der Waals surface area (Å²) >= 11 is 6.09. The molecule has 1 unspecified atom stereocenters. The summed E-state index contributed by atoms with van der Waals surface area (Å²) in [5.41, 5.74) is 3.74. The van der Waals surface area contributed by atoms with E-state index in [9.17, 15) is 14.7 Å². The first-order valence-corrected chi connectivity index (χ1v) is 13.0. The number of aryl methyl sites for hydroxylation is 1. The molecule has 0 bridgehead atoms. The number of imidazole rings is 1. The highest BCUT2D eigenvalue weighted by molar-refractivity contribution is 6.30. The Morgan fingerprint density at radius 2 is 2.08 bits per heavy atom.